The highest BCUT2D eigenvalue weighted by atomic mass is 19.2. The van der Waals surface area contributed by atoms with Gasteiger partial charge >= 0.3 is 0 Å². The van der Waals surface area contributed by atoms with E-state index in [9.17, 15) is 43.9 Å². The molecule has 2 aliphatic rings. The Bertz CT molecular complexity index is 1560. The molecule has 0 aromatic heterocycles. The zero-order valence-electron chi connectivity index (χ0n) is 21.3. The molecular weight excluding hydrogens is 556 g/mol. The standard InChI is InChI=1S/C27H17F10N3/c1-9-6-11(27(3,4)5)7-10(2)12(9)8-13-25(14-15(28)17(30)19(32)18(31)16(14)29)38-39-40(13)26-23(36)21(34)20(33)22(35)24(26)37/h6-7H,1-5H3. The number of rotatable bonds is 2. The van der Waals surface area contributed by atoms with Crippen molar-refractivity contribution in [1.29, 1.82) is 0 Å². The maximum absolute atomic E-state index is 14.8. The van der Waals surface area contributed by atoms with Crippen LogP contribution in [-0.4, -0.2) is 5.71 Å². The molecule has 0 fully saturated rings. The Morgan fingerprint density at radius 1 is 0.750 bits per heavy atom. The fraction of sp³-hybridized carbons (Fsp3) is 0.222. The van der Waals surface area contributed by atoms with Crippen LogP contribution >= 0.6 is 0 Å². The van der Waals surface area contributed by atoms with Crippen LogP contribution in [0.4, 0.5) is 49.6 Å². The lowest BCUT2D eigenvalue weighted by Crippen LogP contribution is -2.23. The van der Waals surface area contributed by atoms with Crippen LogP contribution in [0.1, 0.15) is 40.2 Å². The maximum Gasteiger partial charge on any atom is 0.200 e. The van der Waals surface area contributed by atoms with E-state index in [0.717, 1.165) is 5.57 Å². The molecular formula is C27H17F10N3. The number of nitrogens with zero attached hydrogens (tertiary/aromatic N) is 3. The van der Waals surface area contributed by atoms with E-state index in [4.69, 9.17) is 0 Å². The van der Waals surface area contributed by atoms with Crippen molar-refractivity contribution in [3.05, 3.63) is 115 Å². The molecule has 0 spiro atoms. The van der Waals surface area contributed by atoms with Crippen molar-refractivity contribution in [3.63, 3.8) is 0 Å². The summed E-state index contributed by atoms with van der Waals surface area (Å²) in [6.45, 7) is 8.83. The van der Waals surface area contributed by atoms with Crippen LogP contribution in [0.2, 0.25) is 0 Å². The van der Waals surface area contributed by atoms with Crippen molar-refractivity contribution >= 4 is 11.4 Å². The normalized spacial score (nSPS) is 15.7. The Morgan fingerprint density at radius 2 is 1.20 bits per heavy atom. The van der Waals surface area contributed by atoms with Crippen molar-refractivity contribution < 1.29 is 43.9 Å². The second kappa shape index (κ2) is 9.81. The topological polar surface area (TPSA) is 29.7 Å². The Kier molecular flexibility index (Phi) is 7.08. The second-order valence-electron chi connectivity index (χ2n) is 9.92. The van der Waals surface area contributed by atoms with Gasteiger partial charge in [-0.2, -0.15) is 0 Å². The van der Waals surface area contributed by atoms with Crippen molar-refractivity contribution in [3.8, 4) is 0 Å². The third-order valence-corrected chi connectivity index (χ3v) is 6.16. The fourth-order valence-corrected chi connectivity index (χ4v) is 4.02. The van der Waals surface area contributed by atoms with E-state index in [1.165, 1.54) is 0 Å². The molecule has 1 aliphatic carbocycles. The monoisotopic (exact) mass is 573 g/mol. The molecule has 0 amide bonds. The van der Waals surface area contributed by atoms with E-state index >= 15 is 0 Å². The van der Waals surface area contributed by atoms with Gasteiger partial charge in [0, 0.05) is 28.9 Å². The average Bonchev–Trinajstić information content (AvgIpc) is 3.28. The molecule has 0 saturated heterocycles. The minimum absolute atomic E-state index is 0.0137. The van der Waals surface area contributed by atoms with Gasteiger partial charge in [-0.05, 0) is 34.6 Å². The van der Waals surface area contributed by atoms with Gasteiger partial charge in [-0.15, -0.1) is 0 Å². The van der Waals surface area contributed by atoms with E-state index in [2.05, 4.69) is 16.4 Å². The van der Waals surface area contributed by atoms with E-state index in [-0.39, 0.29) is 16.0 Å². The number of hydrogen-bond acceptors (Lipinski definition) is 2. The number of hydrogen-bond donors (Lipinski definition) is 0. The predicted octanol–water partition coefficient (Wildman–Crippen LogP) is 8.53. The summed E-state index contributed by atoms with van der Waals surface area (Å²) in [7, 11) is 0. The summed E-state index contributed by atoms with van der Waals surface area (Å²) in [5.74, 6) is -23.6. The lowest BCUT2D eigenvalue weighted by atomic mass is 9.77. The molecule has 1 heterocycles. The number of anilines is 1. The summed E-state index contributed by atoms with van der Waals surface area (Å²) in [4.78, 5) is 0. The molecule has 0 radical (unpaired) electrons. The molecule has 2 aromatic rings. The molecule has 3 nitrogen and oxygen atoms in total. The van der Waals surface area contributed by atoms with Crippen molar-refractivity contribution in [2.45, 2.75) is 34.6 Å². The molecule has 4 rings (SSSR count). The number of allylic oxidation sites excluding steroid dienone is 5. The SMILES string of the molecule is CC1=CC(C(C)(C)C)=C[C+](C)C1=C=C1C(c2c(F)c(F)c(F)c(F)c2F)=N[N-]N1c1c(F)c(F)c(F)c(F)c1F. The van der Waals surface area contributed by atoms with Gasteiger partial charge in [-0.25, -0.2) is 43.9 Å². The third kappa shape index (κ3) is 4.43. The summed E-state index contributed by atoms with van der Waals surface area (Å²) >= 11 is 0. The molecule has 1 aliphatic heterocycles. The molecule has 40 heavy (non-hydrogen) atoms. The summed E-state index contributed by atoms with van der Waals surface area (Å²) < 4.78 is 143. The minimum Gasteiger partial charge on any atom is -0.506 e. The van der Waals surface area contributed by atoms with Crippen LogP contribution in [0.25, 0.3) is 5.53 Å². The maximum atomic E-state index is 14.8. The van der Waals surface area contributed by atoms with Crippen LogP contribution < -0.4 is 5.01 Å². The molecule has 2 aromatic carbocycles. The molecule has 0 unspecified atom stereocenters. The summed E-state index contributed by atoms with van der Waals surface area (Å²) in [6, 6.07) is 0. The largest absolute Gasteiger partial charge is 0.506 e. The lowest BCUT2D eigenvalue weighted by Gasteiger charge is -2.30. The smallest absolute Gasteiger partial charge is 0.200 e. The molecule has 13 heteroatoms. The van der Waals surface area contributed by atoms with Crippen LogP contribution in [0, 0.1) is 69.5 Å². The molecule has 0 saturated carbocycles. The predicted molar refractivity (Wildman–Crippen MR) is 126 cm³/mol. The molecule has 0 atom stereocenters. The van der Waals surface area contributed by atoms with E-state index < -0.39 is 80.8 Å². The molecule has 0 N–H and O–H groups in total. The summed E-state index contributed by atoms with van der Waals surface area (Å²) in [6.07, 6.45) is 3.36. The highest BCUT2D eigenvalue weighted by Gasteiger charge is 2.37. The Labute approximate surface area is 221 Å². The highest BCUT2D eigenvalue weighted by Crippen LogP contribution is 2.41. The van der Waals surface area contributed by atoms with Gasteiger partial charge in [0.25, 0.3) is 0 Å². The van der Waals surface area contributed by atoms with Crippen LogP contribution in [-0.2, 0) is 0 Å². The first kappa shape index (κ1) is 28.9. The molecule has 210 valence electrons. The zero-order chi connectivity index (χ0) is 30.0. The van der Waals surface area contributed by atoms with Crippen LogP contribution in [0.5, 0.6) is 0 Å². The first-order valence-electron chi connectivity index (χ1n) is 11.4. The first-order chi connectivity index (χ1) is 18.5. The third-order valence-electron chi connectivity index (χ3n) is 6.16. The zero-order valence-corrected chi connectivity index (χ0v) is 21.3. The lowest BCUT2D eigenvalue weighted by molar-refractivity contribution is 0.377. The highest BCUT2D eigenvalue weighted by molar-refractivity contribution is 6.17. The Balaban J connectivity index is 2.08. The fourth-order valence-electron chi connectivity index (χ4n) is 4.02. The van der Waals surface area contributed by atoms with Crippen molar-refractivity contribution in [2.24, 2.45) is 10.5 Å². The van der Waals surface area contributed by atoms with Crippen LogP contribution in [0.15, 0.2) is 45.4 Å². The quantitative estimate of drug-likeness (QED) is 0.116. The summed E-state index contributed by atoms with van der Waals surface area (Å²) in [5.41, 5.74) is 1.30. The number of halogens is 10. The van der Waals surface area contributed by atoms with E-state index in [1.807, 2.05) is 20.8 Å². The van der Waals surface area contributed by atoms with Gasteiger partial charge in [0.1, 0.15) is 5.69 Å². The number of benzene rings is 2. The second-order valence-corrected chi connectivity index (χ2v) is 9.92. The minimum atomic E-state index is -2.50. The summed E-state index contributed by atoms with van der Waals surface area (Å²) in [5, 5.41) is 3.30. The van der Waals surface area contributed by atoms with Crippen molar-refractivity contribution in [2.75, 3.05) is 5.01 Å². The van der Waals surface area contributed by atoms with E-state index in [0.29, 0.717) is 11.5 Å². The average molecular weight is 573 g/mol. The van der Waals surface area contributed by atoms with Crippen molar-refractivity contribution in [1.82, 2.24) is 0 Å². The van der Waals surface area contributed by atoms with Gasteiger partial charge in [0.2, 0.25) is 11.6 Å². The van der Waals surface area contributed by atoms with Gasteiger partial charge < -0.3 is 15.6 Å². The van der Waals surface area contributed by atoms with Gasteiger partial charge in [0.05, 0.1) is 22.8 Å². The van der Waals surface area contributed by atoms with Crippen LogP contribution in [0.3, 0.4) is 0 Å². The Hall–Kier alpha value is -4.12. The van der Waals surface area contributed by atoms with Gasteiger partial charge in [0.15, 0.2) is 57.8 Å². The van der Waals surface area contributed by atoms with Gasteiger partial charge in [-0.3, -0.25) is 0 Å². The first-order valence-corrected chi connectivity index (χ1v) is 11.4. The van der Waals surface area contributed by atoms with Gasteiger partial charge in [-0.1, -0.05) is 0 Å². The Morgan fingerprint density at radius 3 is 1.65 bits per heavy atom. The van der Waals surface area contributed by atoms with E-state index in [1.54, 1.807) is 26.0 Å². The molecule has 0 bridgehead atoms.